The molecule has 0 aliphatic carbocycles. The van der Waals surface area contributed by atoms with E-state index in [0.717, 1.165) is 12.8 Å². The summed E-state index contributed by atoms with van der Waals surface area (Å²) in [6.07, 6.45) is 9.50. The zero-order valence-corrected chi connectivity index (χ0v) is 10.1. The summed E-state index contributed by atoms with van der Waals surface area (Å²) in [7, 11) is 0. The summed E-state index contributed by atoms with van der Waals surface area (Å²) in [6.45, 7) is 3.40. The lowest BCUT2D eigenvalue weighted by Crippen LogP contribution is -2.19. The van der Waals surface area contributed by atoms with Crippen LogP contribution in [0.4, 0.5) is 0 Å². The molecule has 0 spiro atoms. The average Bonchev–Trinajstić information content (AvgIpc) is 2.82. The van der Waals surface area contributed by atoms with Crippen LogP contribution < -0.4 is 5.32 Å². The first-order chi connectivity index (χ1) is 7.88. The van der Waals surface area contributed by atoms with E-state index in [9.17, 15) is 0 Å². The van der Waals surface area contributed by atoms with Gasteiger partial charge in [-0.1, -0.05) is 43.3 Å². The van der Waals surface area contributed by atoms with E-state index in [1.807, 2.05) is 0 Å². The van der Waals surface area contributed by atoms with Gasteiger partial charge in [-0.25, -0.2) is 0 Å². The summed E-state index contributed by atoms with van der Waals surface area (Å²) in [5, 5.41) is 3.51. The molecule has 0 aromatic heterocycles. The summed E-state index contributed by atoms with van der Waals surface area (Å²) < 4.78 is 0. The van der Waals surface area contributed by atoms with Crippen molar-refractivity contribution in [1.29, 1.82) is 0 Å². The second-order valence-electron chi connectivity index (χ2n) is 4.53. The first-order valence-corrected chi connectivity index (χ1v) is 6.37. The molecule has 1 atom stereocenters. The molecule has 1 nitrogen and oxygen atoms in total. The van der Waals surface area contributed by atoms with Crippen molar-refractivity contribution < 1.29 is 0 Å². The lowest BCUT2D eigenvalue weighted by atomic mass is 10.1. The van der Waals surface area contributed by atoms with Crippen molar-refractivity contribution in [1.82, 2.24) is 5.32 Å². The zero-order chi connectivity index (χ0) is 11.2. The van der Waals surface area contributed by atoms with Gasteiger partial charge in [-0.2, -0.15) is 0 Å². The molecule has 0 saturated carbocycles. The van der Waals surface area contributed by atoms with Crippen LogP contribution in [0.5, 0.6) is 0 Å². The van der Waals surface area contributed by atoms with Crippen LogP contribution in [0.1, 0.15) is 37.3 Å². The molecule has 1 aromatic rings. The fourth-order valence-electron chi connectivity index (χ4n) is 2.24. The van der Waals surface area contributed by atoms with Crippen molar-refractivity contribution in [3.63, 3.8) is 0 Å². The van der Waals surface area contributed by atoms with Crippen LogP contribution in [0.15, 0.2) is 30.3 Å². The normalized spacial score (nSPS) is 20.7. The molecule has 86 valence electrons. The number of hydrogen-bond acceptors (Lipinski definition) is 1. The molecular formula is C15H21N. The molecule has 1 fully saturated rings. The van der Waals surface area contributed by atoms with Gasteiger partial charge in [-0.3, -0.25) is 0 Å². The molecule has 1 heteroatoms. The van der Waals surface area contributed by atoms with E-state index in [0.29, 0.717) is 6.04 Å². The van der Waals surface area contributed by atoms with Gasteiger partial charge in [0, 0.05) is 6.04 Å². The highest BCUT2D eigenvalue weighted by molar-refractivity contribution is 5.50. The van der Waals surface area contributed by atoms with Gasteiger partial charge in [0.15, 0.2) is 0 Å². The SMILES string of the molecule is CCc1cccc(/C=C\CC2CCCN2)c1. The van der Waals surface area contributed by atoms with Crippen molar-refractivity contribution in [3.05, 3.63) is 41.5 Å². The summed E-state index contributed by atoms with van der Waals surface area (Å²) in [6, 6.07) is 9.50. The molecule has 1 aliphatic heterocycles. The van der Waals surface area contributed by atoms with Gasteiger partial charge in [0.25, 0.3) is 0 Å². The van der Waals surface area contributed by atoms with Crippen LogP contribution in [-0.2, 0) is 6.42 Å². The minimum absolute atomic E-state index is 0.714. The molecule has 1 N–H and O–H groups in total. The minimum atomic E-state index is 0.714. The van der Waals surface area contributed by atoms with Crippen molar-refractivity contribution >= 4 is 6.08 Å². The van der Waals surface area contributed by atoms with Crippen LogP contribution in [0.25, 0.3) is 6.08 Å². The highest BCUT2D eigenvalue weighted by atomic mass is 14.9. The largest absolute Gasteiger partial charge is 0.314 e. The van der Waals surface area contributed by atoms with Gasteiger partial charge in [-0.05, 0) is 43.4 Å². The first kappa shape index (κ1) is 11.4. The maximum absolute atomic E-state index is 3.51. The quantitative estimate of drug-likeness (QED) is 0.811. The van der Waals surface area contributed by atoms with E-state index in [1.54, 1.807) is 0 Å². The molecule has 1 heterocycles. The molecule has 16 heavy (non-hydrogen) atoms. The monoisotopic (exact) mass is 215 g/mol. The van der Waals surface area contributed by atoms with Crippen molar-refractivity contribution in [2.24, 2.45) is 0 Å². The predicted octanol–water partition coefficient (Wildman–Crippen LogP) is 3.40. The van der Waals surface area contributed by atoms with Gasteiger partial charge in [0.1, 0.15) is 0 Å². The van der Waals surface area contributed by atoms with Crippen molar-refractivity contribution in [2.75, 3.05) is 6.54 Å². The van der Waals surface area contributed by atoms with E-state index in [4.69, 9.17) is 0 Å². The smallest absolute Gasteiger partial charge is 0.0102 e. The standard InChI is InChI=1S/C15H21N/c1-2-13-6-3-7-14(12-13)8-4-9-15-10-5-11-16-15/h3-4,6-8,12,15-16H,2,5,9-11H2,1H3/b8-4-. The number of aryl methyl sites for hydroxylation is 1. The molecule has 2 rings (SSSR count). The van der Waals surface area contributed by atoms with E-state index in [1.165, 1.54) is 30.5 Å². The number of rotatable bonds is 4. The van der Waals surface area contributed by atoms with Crippen LogP contribution in [0.3, 0.4) is 0 Å². The Morgan fingerprint density at radius 2 is 2.38 bits per heavy atom. The average molecular weight is 215 g/mol. The van der Waals surface area contributed by atoms with Gasteiger partial charge < -0.3 is 5.32 Å². The maximum atomic E-state index is 3.51. The minimum Gasteiger partial charge on any atom is -0.314 e. The summed E-state index contributed by atoms with van der Waals surface area (Å²) in [5.41, 5.74) is 2.75. The maximum Gasteiger partial charge on any atom is 0.0102 e. The van der Waals surface area contributed by atoms with Crippen LogP contribution >= 0.6 is 0 Å². The molecule has 0 radical (unpaired) electrons. The first-order valence-electron chi connectivity index (χ1n) is 6.37. The summed E-state index contributed by atoms with van der Waals surface area (Å²) in [4.78, 5) is 0. The Balaban J connectivity index is 1.89. The number of nitrogens with one attached hydrogen (secondary N) is 1. The van der Waals surface area contributed by atoms with Gasteiger partial charge >= 0.3 is 0 Å². The lowest BCUT2D eigenvalue weighted by Gasteiger charge is -2.05. The molecule has 1 saturated heterocycles. The third-order valence-electron chi connectivity index (χ3n) is 3.25. The lowest BCUT2D eigenvalue weighted by molar-refractivity contribution is 0.615. The second kappa shape index (κ2) is 5.86. The Kier molecular flexibility index (Phi) is 4.17. The highest BCUT2D eigenvalue weighted by Crippen LogP contribution is 2.12. The molecule has 1 aliphatic rings. The number of hydrogen-bond donors (Lipinski definition) is 1. The van der Waals surface area contributed by atoms with Gasteiger partial charge in [-0.15, -0.1) is 0 Å². The number of benzene rings is 1. The topological polar surface area (TPSA) is 12.0 Å². The summed E-state index contributed by atoms with van der Waals surface area (Å²) in [5.74, 6) is 0. The Hall–Kier alpha value is -1.08. The fourth-order valence-corrected chi connectivity index (χ4v) is 2.24. The highest BCUT2D eigenvalue weighted by Gasteiger charge is 2.11. The molecule has 0 amide bonds. The Morgan fingerprint density at radius 3 is 3.12 bits per heavy atom. The summed E-state index contributed by atoms with van der Waals surface area (Å²) >= 11 is 0. The molecular weight excluding hydrogens is 194 g/mol. The predicted molar refractivity (Wildman–Crippen MR) is 70.5 cm³/mol. The molecule has 1 aromatic carbocycles. The Labute approximate surface area is 98.6 Å². The second-order valence-corrected chi connectivity index (χ2v) is 4.53. The Morgan fingerprint density at radius 1 is 1.44 bits per heavy atom. The van der Waals surface area contributed by atoms with Crippen LogP contribution in [-0.4, -0.2) is 12.6 Å². The third kappa shape index (κ3) is 3.21. The molecule has 0 bridgehead atoms. The fraction of sp³-hybridized carbons (Fsp3) is 0.467. The van der Waals surface area contributed by atoms with Crippen molar-refractivity contribution in [2.45, 2.75) is 38.6 Å². The van der Waals surface area contributed by atoms with E-state index in [2.05, 4.69) is 48.7 Å². The van der Waals surface area contributed by atoms with E-state index in [-0.39, 0.29) is 0 Å². The van der Waals surface area contributed by atoms with Gasteiger partial charge in [0.2, 0.25) is 0 Å². The van der Waals surface area contributed by atoms with E-state index >= 15 is 0 Å². The zero-order valence-electron chi connectivity index (χ0n) is 10.1. The molecule has 1 unspecified atom stereocenters. The van der Waals surface area contributed by atoms with Crippen molar-refractivity contribution in [3.8, 4) is 0 Å². The van der Waals surface area contributed by atoms with E-state index < -0.39 is 0 Å². The van der Waals surface area contributed by atoms with Crippen LogP contribution in [0, 0.1) is 0 Å². The van der Waals surface area contributed by atoms with Crippen LogP contribution in [0.2, 0.25) is 0 Å². The Bertz CT molecular complexity index is 348. The third-order valence-corrected chi connectivity index (χ3v) is 3.25. The van der Waals surface area contributed by atoms with Gasteiger partial charge in [0.05, 0.1) is 0 Å².